The molecule has 0 aromatic rings. The maximum atomic E-state index is 11.0. The van der Waals surface area contributed by atoms with Crippen molar-refractivity contribution in [1.82, 2.24) is 5.32 Å². The normalized spacial score (nSPS) is 16.2. The number of hydrogen-bond acceptors (Lipinski definition) is 4. The van der Waals surface area contributed by atoms with Gasteiger partial charge in [0.1, 0.15) is 0 Å². The lowest BCUT2D eigenvalue weighted by atomic mass is 10.1. The summed E-state index contributed by atoms with van der Waals surface area (Å²) in [5, 5.41) is 2.79. The third-order valence-electron chi connectivity index (χ3n) is 1.37. The van der Waals surface area contributed by atoms with Crippen molar-refractivity contribution in [3.8, 4) is 0 Å². The van der Waals surface area contributed by atoms with Crippen LogP contribution in [0.15, 0.2) is 23.9 Å². The minimum Gasteiger partial charge on any atom is -0.791 e. The van der Waals surface area contributed by atoms with Crippen molar-refractivity contribution in [2.45, 2.75) is 0 Å². The second-order valence-electron chi connectivity index (χ2n) is 2.29. The first-order valence-corrected chi connectivity index (χ1v) is 4.12. The third kappa shape index (κ3) is 2.23. The SMILES string of the molecule is O=C1C=CC(=O)C(NCC[S-])=C1. The van der Waals surface area contributed by atoms with Gasteiger partial charge in [-0.2, -0.15) is 5.75 Å². The van der Waals surface area contributed by atoms with Crippen LogP contribution < -0.4 is 5.32 Å². The van der Waals surface area contributed by atoms with E-state index in [2.05, 4.69) is 17.9 Å². The predicted octanol–water partition coefficient (Wildman–Crippen LogP) is -0.285. The van der Waals surface area contributed by atoms with Crippen molar-refractivity contribution < 1.29 is 9.59 Å². The Morgan fingerprint density at radius 3 is 2.75 bits per heavy atom. The minimum atomic E-state index is -0.168. The average molecular weight is 182 g/mol. The van der Waals surface area contributed by atoms with Crippen LogP contribution in [-0.4, -0.2) is 23.9 Å². The van der Waals surface area contributed by atoms with E-state index in [0.717, 1.165) is 0 Å². The smallest absolute Gasteiger partial charge is 0.201 e. The number of allylic oxidation sites excluding steroid dienone is 3. The molecule has 0 aromatic carbocycles. The molecule has 0 saturated carbocycles. The molecule has 1 N–H and O–H groups in total. The Balaban J connectivity index is 2.62. The molecule has 0 aliphatic heterocycles. The summed E-state index contributed by atoms with van der Waals surface area (Å²) in [6, 6.07) is 0. The monoisotopic (exact) mass is 182 g/mol. The fourth-order valence-corrected chi connectivity index (χ4v) is 0.935. The molecule has 0 atom stereocenters. The van der Waals surface area contributed by atoms with Crippen molar-refractivity contribution in [2.24, 2.45) is 0 Å². The molecule has 0 heterocycles. The Morgan fingerprint density at radius 1 is 1.33 bits per heavy atom. The highest BCUT2D eigenvalue weighted by molar-refractivity contribution is 7.58. The van der Waals surface area contributed by atoms with E-state index in [1.807, 2.05) is 0 Å². The summed E-state index contributed by atoms with van der Waals surface area (Å²) >= 11 is 4.68. The summed E-state index contributed by atoms with van der Waals surface area (Å²) in [5.41, 5.74) is 0.340. The van der Waals surface area contributed by atoms with Gasteiger partial charge in [0.15, 0.2) is 5.78 Å². The van der Waals surface area contributed by atoms with E-state index in [1.165, 1.54) is 18.2 Å². The van der Waals surface area contributed by atoms with Crippen molar-refractivity contribution in [3.63, 3.8) is 0 Å². The van der Waals surface area contributed by atoms with Gasteiger partial charge in [-0.15, -0.1) is 0 Å². The molecular weight excluding hydrogens is 174 g/mol. The van der Waals surface area contributed by atoms with Crippen molar-refractivity contribution in [2.75, 3.05) is 12.3 Å². The summed E-state index contributed by atoms with van der Waals surface area (Å²) in [5.74, 6) is 0.183. The Labute approximate surface area is 75.9 Å². The lowest BCUT2D eigenvalue weighted by Gasteiger charge is -2.11. The van der Waals surface area contributed by atoms with Crippen molar-refractivity contribution in [3.05, 3.63) is 23.9 Å². The van der Waals surface area contributed by atoms with Crippen LogP contribution >= 0.6 is 0 Å². The number of nitrogens with one attached hydrogen (secondary N) is 1. The topological polar surface area (TPSA) is 46.2 Å². The summed E-state index contributed by atoms with van der Waals surface area (Å²) < 4.78 is 0. The van der Waals surface area contributed by atoms with Crippen LogP contribution in [0.2, 0.25) is 0 Å². The van der Waals surface area contributed by atoms with E-state index in [1.54, 1.807) is 0 Å². The molecule has 1 aliphatic rings. The number of carbonyl (C=O) groups excluding carboxylic acids is 2. The van der Waals surface area contributed by atoms with Crippen molar-refractivity contribution in [1.29, 1.82) is 0 Å². The van der Waals surface area contributed by atoms with Gasteiger partial charge in [-0.3, -0.25) is 9.59 Å². The molecule has 0 radical (unpaired) electrons. The Bertz CT molecular complexity index is 268. The van der Waals surface area contributed by atoms with Gasteiger partial charge in [0.2, 0.25) is 5.78 Å². The Hall–Kier alpha value is -1.03. The molecule has 3 nitrogen and oxygen atoms in total. The van der Waals surface area contributed by atoms with E-state index < -0.39 is 0 Å². The second-order valence-corrected chi connectivity index (χ2v) is 2.70. The van der Waals surface area contributed by atoms with E-state index in [-0.39, 0.29) is 11.6 Å². The Kier molecular flexibility index (Phi) is 3.10. The van der Waals surface area contributed by atoms with Crippen LogP contribution in [0.1, 0.15) is 0 Å². The summed E-state index contributed by atoms with van der Waals surface area (Å²) in [6.45, 7) is 0.536. The Morgan fingerprint density at radius 2 is 2.08 bits per heavy atom. The lowest BCUT2D eigenvalue weighted by Crippen LogP contribution is -2.24. The molecule has 0 unspecified atom stereocenters. The van der Waals surface area contributed by atoms with Gasteiger partial charge < -0.3 is 17.9 Å². The van der Waals surface area contributed by atoms with Crippen LogP contribution in [0.25, 0.3) is 0 Å². The van der Waals surface area contributed by atoms with Crippen LogP contribution in [0.5, 0.6) is 0 Å². The molecule has 0 aromatic heterocycles. The molecule has 12 heavy (non-hydrogen) atoms. The molecule has 64 valence electrons. The third-order valence-corrected chi connectivity index (χ3v) is 1.57. The van der Waals surface area contributed by atoms with E-state index in [0.29, 0.717) is 18.0 Å². The van der Waals surface area contributed by atoms with Crippen LogP contribution in [-0.2, 0) is 22.2 Å². The molecule has 0 fully saturated rings. The minimum absolute atomic E-state index is 0.165. The first-order chi connectivity index (χ1) is 5.74. The maximum Gasteiger partial charge on any atom is 0.201 e. The van der Waals surface area contributed by atoms with E-state index in [9.17, 15) is 9.59 Å². The summed E-state index contributed by atoms with van der Waals surface area (Å²) in [7, 11) is 0. The largest absolute Gasteiger partial charge is 0.791 e. The summed E-state index contributed by atoms with van der Waals surface area (Å²) in [6.07, 6.45) is 3.79. The fourth-order valence-electron chi connectivity index (χ4n) is 0.833. The number of hydrogen-bond donors (Lipinski definition) is 1. The van der Waals surface area contributed by atoms with Crippen LogP contribution in [0.3, 0.4) is 0 Å². The summed E-state index contributed by atoms with van der Waals surface area (Å²) in [4.78, 5) is 21.8. The van der Waals surface area contributed by atoms with Gasteiger partial charge in [0.25, 0.3) is 0 Å². The van der Waals surface area contributed by atoms with Gasteiger partial charge in [0, 0.05) is 6.08 Å². The molecule has 4 heteroatoms. The highest BCUT2D eigenvalue weighted by atomic mass is 32.1. The molecular formula is C8H8NO2S-. The number of carbonyl (C=O) groups is 2. The fraction of sp³-hybridized carbons (Fsp3) is 0.250. The average Bonchev–Trinajstić information content (AvgIpc) is 2.07. The van der Waals surface area contributed by atoms with Crippen LogP contribution in [0, 0.1) is 0 Å². The second kappa shape index (κ2) is 4.11. The van der Waals surface area contributed by atoms with Crippen LogP contribution in [0.4, 0.5) is 0 Å². The highest BCUT2D eigenvalue weighted by Gasteiger charge is 2.10. The van der Waals surface area contributed by atoms with Crippen molar-refractivity contribution >= 4 is 24.2 Å². The first-order valence-electron chi connectivity index (χ1n) is 3.54. The highest BCUT2D eigenvalue weighted by Crippen LogP contribution is 2.00. The van der Waals surface area contributed by atoms with Gasteiger partial charge in [-0.05, 0) is 18.7 Å². The molecule has 0 spiro atoms. The zero-order chi connectivity index (χ0) is 8.97. The molecule has 0 bridgehead atoms. The number of ketones is 2. The molecule has 1 rings (SSSR count). The predicted molar refractivity (Wildman–Crippen MR) is 47.5 cm³/mol. The molecule has 1 aliphatic carbocycles. The quantitative estimate of drug-likeness (QED) is 0.481. The maximum absolute atomic E-state index is 11.0. The standard InChI is InChI=1S/C8H9NO2S/c10-6-1-2-8(11)7(5-6)9-3-4-12/h1-2,5,9,12H,3-4H2/p-1. The van der Waals surface area contributed by atoms with Gasteiger partial charge >= 0.3 is 0 Å². The zero-order valence-electron chi connectivity index (χ0n) is 6.37. The van der Waals surface area contributed by atoms with E-state index >= 15 is 0 Å². The zero-order valence-corrected chi connectivity index (χ0v) is 7.19. The van der Waals surface area contributed by atoms with E-state index in [4.69, 9.17) is 0 Å². The van der Waals surface area contributed by atoms with Gasteiger partial charge in [0.05, 0.1) is 5.70 Å². The lowest BCUT2D eigenvalue weighted by molar-refractivity contribution is -0.114. The molecule has 0 amide bonds. The number of rotatable bonds is 3. The molecule has 0 saturated heterocycles. The van der Waals surface area contributed by atoms with Gasteiger partial charge in [-0.1, -0.05) is 0 Å². The van der Waals surface area contributed by atoms with Gasteiger partial charge in [-0.25, -0.2) is 0 Å². The first kappa shape index (κ1) is 9.06.